The zero-order chi connectivity index (χ0) is 25.9. The number of nitriles is 1. The summed E-state index contributed by atoms with van der Waals surface area (Å²) < 4.78 is 23.5. The molecule has 3 aromatic rings. The largest absolute Gasteiger partial charge is 0.444 e. The molecular weight excluding hydrogens is 547 g/mol. The molecule has 2 aliphatic heterocycles. The zero-order valence-corrected chi connectivity index (χ0v) is 22.9. The van der Waals surface area contributed by atoms with Gasteiger partial charge < -0.3 is 14.2 Å². The van der Waals surface area contributed by atoms with Crippen LogP contribution >= 0.6 is 27.7 Å². The molecular formula is C26H26BrFN4O3S. The molecule has 1 aromatic carbocycles. The minimum absolute atomic E-state index is 0.0600. The van der Waals surface area contributed by atoms with Gasteiger partial charge in [0.2, 0.25) is 0 Å². The third-order valence-corrected chi connectivity index (χ3v) is 8.51. The number of aromatic nitrogens is 2. The van der Waals surface area contributed by atoms with Crippen LogP contribution in [0.2, 0.25) is 0 Å². The van der Waals surface area contributed by atoms with Crippen molar-refractivity contribution in [2.24, 2.45) is 5.92 Å². The molecule has 3 aliphatic rings. The standard InChI is InChI=1S/C26H26BrFN4O3S/c1-26(2,3)35-25(34)32-12-14-11-16(32)22(14)31-9-7-17(33)18-23(31)15-10-13(6-5-8-29)19(27)20(28)21(15)30-24(18)36-4/h7,9-10,14,16,22H,5-6,11-12H2,1-4H3/t14-,16-,22+/m1/s1. The summed E-state index contributed by atoms with van der Waals surface area (Å²) in [6.45, 7) is 6.11. The molecule has 1 aliphatic carbocycles. The van der Waals surface area contributed by atoms with E-state index in [0.717, 1.165) is 6.42 Å². The molecule has 1 amide bonds. The van der Waals surface area contributed by atoms with Gasteiger partial charge in [-0.05, 0) is 67.4 Å². The van der Waals surface area contributed by atoms with Gasteiger partial charge in [-0.25, -0.2) is 14.2 Å². The van der Waals surface area contributed by atoms with Gasteiger partial charge in [0, 0.05) is 36.5 Å². The fraction of sp³-hybridized carbons (Fsp3) is 0.462. The van der Waals surface area contributed by atoms with Crippen molar-refractivity contribution < 1.29 is 13.9 Å². The number of hydrogen-bond acceptors (Lipinski definition) is 6. The Bertz CT molecular complexity index is 1510. The number of carbonyl (C=O) groups is 1. The predicted molar refractivity (Wildman–Crippen MR) is 141 cm³/mol. The molecule has 0 unspecified atom stereocenters. The number of fused-ring (bicyclic) bond motifs is 4. The smallest absolute Gasteiger partial charge is 0.410 e. The average molecular weight is 573 g/mol. The number of carbonyl (C=O) groups excluding carboxylic acids is 1. The molecule has 4 heterocycles. The van der Waals surface area contributed by atoms with Crippen molar-refractivity contribution in [2.45, 2.75) is 62.7 Å². The van der Waals surface area contributed by atoms with Gasteiger partial charge in [-0.3, -0.25) is 4.79 Å². The Morgan fingerprint density at radius 3 is 2.83 bits per heavy atom. The Morgan fingerprint density at radius 1 is 1.42 bits per heavy atom. The van der Waals surface area contributed by atoms with Crippen molar-refractivity contribution in [3.8, 4) is 6.07 Å². The Hall–Kier alpha value is -2.64. The number of benzene rings is 1. The Kier molecular flexibility index (Phi) is 6.28. The second kappa shape index (κ2) is 9.03. The third-order valence-electron chi connectivity index (χ3n) is 6.97. The molecule has 10 heteroatoms. The number of amides is 1. The molecule has 0 spiro atoms. The van der Waals surface area contributed by atoms with Crippen LogP contribution in [0.4, 0.5) is 9.18 Å². The van der Waals surface area contributed by atoms with Crippen LogP contribution in [0.1, 0.15) is 45.2 Å². The van der Waals surface area contributed by atoms with Crippen molar-refractivity contribution in [1.29, 1.82) is 5.26 Å². The fourth-order valence-electron chi connectivity index (χ4n) is 5.45. The molecule has 7 nitrogen and oxygen atoms in total. The maximum Gasteiger partial charge on any atom is 0.410 e. The maximum absolute atomic E-state index is 15.6. The number of hydrogen-bond donors (Lipinski definition) is 0. The number of thioether (sulfide) groups is 1. The van der Waals surface area contributed by atoms with Gasteiger partial charge in [-0.1, -0.05) is 0 Å². The van der Waals surface area contributed by atoms with E-state index in [-0.39, 0.29) is 45.9 Å². The number of ether oxygens (including phenoxy) is 1. The Morgan fingerprint density at radius 2 is 2.17 bits per heavy atom. The van der Waals surface area contributed by atoms with Crippen molar-refractivity contribution >= 4 is 55.6 Å². The number of halogens is 2. The summed E-state index contributed by atoms with van der Waals surface area (Å²) in [7, 11) is 0. The number of nitrogens with zero attached hydrogens (tertiary/aromatic N) is 4. The highest BCUT2D eigenvalue weighted by atomic mass is 79.9. The maximum atomic E-state index is 15.6. The molecule has 1 saturated carbocycles. The lowest BCUT2D eigenvalue weighted by molar-refractivity contribution is 0.0210. The van der Waals surface area contributed by atoms with Crippen molar-refractivity contribution in [1.82, 2.24) is 14.5 Å². The molecule has 0 radical (unpaired) electrons. The zero-order valence-electron chi connectivity index (χ0n) is 20.5. The summed E-state index contributed by atoms with van der Waals surface area (Å²) in [6.07, 6.45) is 4.69. The molecule has 2 aromatic heterocycles. The van der Waals surface area contributed by atoms with E-state index in [9.17, 15) is 9.59 Å². The summed E-state index contributed by atoms with van der Waals surface area (Å²) in [4.78, 5) is 32.3. The van der Waals surface area contributed by atoms with Gasteiger partial charge in [0.1, 0.15) is 16.1 Å². The van der Waals surface area contributed by atoms with Gasteiger partial charge in [-0.15, -0.1) is 11.8 Å². The first-order chi connectivity index (χ1) is 17.1. The van der Waals surface area contributed by atoms with Crippen LogP contribution in [-0.4, -0.2) is 45.0 Å². The summed E-state index contributed by atoms with van der Waals surface area (Å²) >= 11 is 4.65. The van der Waals surface area contributed by atoms with E-state index in [1.807, 2.05) is 37.7 Å². The van der Waals surface area contributed by atoms with Gasteiger partial charge in [-0.2, -0.15) is 5.26 Å². The normalized spacial score (nSPS) is 21.0. The van der Waals surface area contributed by atoms with E-state index in [4.69, 9.17) is 10.00 Å². The third kappa shape index (κ3) is 3.97. The quantitative estimate of drug-likeness (QED) is 0.289. The van der Waals surface area contributed by atoms with Crippen LogP contribution in [0.5, 0.6) is 0 Å². The van der Waals surface area contributed by atoms with E-state index < -0.39 is 11.4 Å². The lowest BCUT2D eigenvalue weighted by Gasteiger charge is -2.39. The summed E-state index contributed by atoms with van der Waals surface area (Å²) in [5.74, 6) is -0.306. The molecule has 188 valence electrons. The van der Waals surface area contributed by atoms with Crippen LogP contribution in [0, 0.1) is 23.1 Å². The molecule has 3 atom stereocenters. The molecule has 3 fully saturated rings. The monoisotopic (exact) mass is 572 g/mol. The first-order valence-corrected chi connectivity index (χ1v) is 13.8. The molecule has 36 heavy (non-hydrogen) atoms. The number of aryl methyl sites for hydroxylation is 1. The van der Waals surface area contributed by atoms with Crippen molar-refractivity contribution in [3.05, 3.63) is 44.4 Å². The van der Waals surface area contributed by atoms with Crippen LogP contribution in [0.3, 0.4) is 0 Å². The van der Waals surface area contributed by atoms with Gasteiger partial charge in [0.05, 0.1) is 33.5 Å². The van der Waals surface area contributed by atoms with Gasteiger partial charge in [0.25, 0.3) is 0 Å². The summed E-state index contributed by atoms with van der Waals surface area (Å²) in [5, 5.41) is 10.5. The SMILES string of the molecule is CSc1nc2c(F)c(Br)c(CCC#N)cc2c2c1c(=O)ccn2[C@H]1[C@@H]2C[C@H]1N(C(=O)OC(C)(C)C)C2. The minimum Gasteiger partial charge on any atom is -0.444 e. The highest BCUT2D eigenvalue weighted by Crippen LogP contribution is 2.51. The summed E-state index contributed by atoms with van der Waals surface area (Å²) in [6, 6.07) is 5.33. The predicted octanol–water partition coefficient (Wildman–Crippen LogP) is 5.81. The van der Waals surface area contributed by atoms with Crippen LogP contribution < -0.4 is 5.43 Å². The van der Waals surface area contributed by atoms with Gasteiger partial charge in [0.15, 0.2) is 11.2 Å². The van der Waals surface area contributed by atoms with E-state index in [1.54, 1.807) is 11.1 Å². The summed E-state index contributed by atoms with van der Waals surface area (Å²) in [5.41, 5.74) is 0.666. The van der Waals surface area contributed by atoms with Crippen LogP contribution in [-0.2, 0) is 11.2 Å². The first-order valence-electron chi connectivity index (χ1n) is 11.8. The van der Waals surface area contributed by atoms with Crippen molar-refractivity contribution in [2.75, 3.05) is 12.8 Å². The molecule has 2 saturated heterocycles. The van der Waals surface area contributed by atoms with Crippen molar-refractivity contribution in [3.63, 3.8) is 0 Å². The van der Waals surface area contributed by atoms with E-state index in [2.05, 4.69) is 27.0 Å². The number of rotatable bonds is 4. The Balaban J connectivity index is 1.72. The second-order valence-electron chi connectivity index (χ2n) is 10.3. The lowest BCUT2D eigenvalue weighted by atomic mass is 9.79. The van der Waals surface area contributed by atoms with E-state index in [0.29, 0.717) is 39.8 Å². The minimum atomic E-state index is -0.594. The highest BCUT2D eigenvalue weighted by molar-refractivity contribution is 9.10. The lowest BCUT2D eigenvalue weighted by Crippen LogP contribution is -2.44. The van der Waals surface area contributed by atoms with E-state index in [1.165, 1.54) is 17.8 Å². The van der Waals surface area contributed by atoms with E-state index >= 15 is 4.39 Å². The molecule has 2 bridgehead atoms. The Labute approximate surface area is 220 Å². The van der Waals surface area contributed by atoms with Gasteiger partial charge >= 0.3 is 6.09 Å². The van der Waals surface area contributed by atoms with Crippen LogP contribution in [0.25, 0.3) is 21.8 Å². The number of pyridine rings is 2. The highest BCUT2D eigenvalue weighted by Gasteiger charge is 2.55. The van der Waals surface area contributed by atoms with Crippen LogP contribution in [0.15, 0.2) is 32.6 Å². The fourth-order valence-corrected chi connectivity index (χ4v) is 6.53. The first kappa shape index (κ1) is 25.0. The second-order valence-corrected chi connectivity index (χ2v) is 11.9. The average Bonchev–Trinajstić information content (AvgIpc) is 3.41. The molecule has 0 N–H and O–H groups in total. The topological polar surface area (TPSA) is 88.2 Å². The molecule has 6 rings (SSSR count).